The lowest BCUT2D eigenvalue weighted by molar-refractivity contribution is -0.134. The molecule has 28 heavy (non-hydrogen) atoms. The molecule has 3 aromatic rings. The van der Waals surface area contributed by atoms with Crippen LogP contribution in [0.3, 0.4) is 0 Å². The van der Waals surface area contributed by atoms with E-state index >= 15 is 0 Å². The fraction of sp³-hybridized carbons (Fsp3) is 0.391. The summed E-state index contributed by atoms with van der Waals surface area (Å²) >= 11 is 0. The molecule has 2 atom stereocenters. The van der Waals surface area contributed by atoms with Crippen LogP contribution < -0.4 is 5.56 Å². The number of hydrogen-bond acceptors (Lipinski definition) is 2. The highest BCUT2D eigenvalue weighted by Gasteiger charge is 2.35. The molecule has 2 aliphatic rings. The topological polar surface area (TPSA) is 58.1 Å². The van der Waals surface area contributed by atoms with Crippen LogP contribution in [0.1, 0.15) is 36.4 Å². The highest BCUT2D eigenvalue weighted by Crippen LogP contribution is 2.35. The molecule has 0 spiro atoms. The SMILES string of the molecule is O=C(CCCc1c[nH]c2ccccc12)N1CC2CC(C1)c1cccc(=O)n1C2. The first-order valence-corrected chi connectivity index (χ1v) is 10.2. The van der Waals surface area contributed by atoms with Crippen LogP contribution in [-0.4, -0.2) is 33.4 Å². The van der Waals surface area contributed by atoms with Gasteiger partial charge in [0.15, 0.2) is 0 Å². The van der Waals surface area contributed by atoms with Crippen LogP contribution in [0.4, 0.5) is 0 Å². The van der Waals surface area contributed by atoms with E-state index in [-0.39, 0.29) is 11.5 Å². The number of nitrogens with one attached hydrogen (secondary N) is 1. The molecule has 0 aliphatic carbocycles. The molecule has 5 nitrogen and oxygen atoms in total. The lowest BCUT2D eigenvalue weighted by atomic mass is 9.83. The summed E-state index contributed by atoms with van der Waals surface area (Å²) in [4.78, 5) is 30.3. The minimum atomic E-state index is 0.0886. The van der Waals surface area contributed by atoms with Gasteiger partial charge < -0.3 is 14.5 Å². The molecule has 1 saturated heterocycles. The molecule has 4 heterocycles. The lowest BCUT2D eigenvalue weighted by Gasteiger charge is -2.42. The van der Waals surface area contributed by atoms with E-state index < -0.39 is 0 Å². The Labute approximate surface area is 164 Å². The minimum Gasteiger partial charge on any atom is -0.361 e. The van der Waals surface area contributed by atoms with Crippen molar-refractivity contribution in [2.75, 3.05) is 13.1 Å². The highest BCUT2D eigenvalue weighted by atomic mass is 16.2. The van der Waals surface area contributed by atoms with Crippen LogP contribution in [0.5, 0.6) is 0 Å². The number of carbonyl (C=O) groups excluding carboxylic acids is 1. The smallest absolute Gasteiger partial charge is 0.250 e. The van der Waals surface area contributed by atoms with Gasteiger partial charge in [-0.25, -0.2) is 0 Å². The molecule has 1 aromatic carbocycles. The molecule has 2 aromatic heterocycles. The summed E-state index contributed by atoms with van der Waals surface area (Å²) in [5.41, 5.74) is 3.62. The fourth-order valence-corrected chi connectivity index (χ4v) is 5.03. The number of carbonyl (C=O) groups is 1. The number of aromatic nitrogens is 2. The molecule has 0 saturated carbocycles. The Morgan fingerprint density at radius 1 is 1.07 bits per heavy atom. The summed E-state index contributed by atoms with van der Waals surface area (Å²) < 4.78 is 1.91. The Hall–Kier alpha value is -2.82. The molecular formula is C23H25N3O2. The van der Waals surface area contributed by atoms with Crippen molar-refractivity contribution in [1.29, 1.82) is 0 Å². The van der Waals surface area contributed by atoms with Crippen molar-refractivity contribution in [3.8, 4) is 0 Å². The quantitative estimate of drug-likeness (QED) is 0.761. The Morgan fingerprint density at radius 2 is 1.96 bits per heavy atom. The van der Waals surface area contributed by atoms with E-state index in [1.54, 1.807) is 6.07 Å². The third-order valence-electron chi connectivity index (χ3n) is 6.34. The number of likely N-dealkylation sites (tertiary alicyclic amines) is 1. The van der Waals surface area contributed by atoms with Crippen LogP contribution in [-0.2, 0) is 17.8 Å². The number of amides is 1. The number of para-hydroxylation sites is 1. The summed E-state index contributed by atoms with van der Waals surface area (Å²) in [6, 6.07) is 13.8. The number of nitrogens with zero attached hydrogens (tertiary/aromatic N) is 2. The van der Waals surface area contributed by atoms with E-state index in [2.05, 4.69) is 29.4 Å². The minimum absolute atomic E-state index is 0.0886. The summed E-state index contributed by atoms with van der Waals surface area (Å²) in [5, 5.41) is 1.25. The van der Waals surface area contributed by atoms with Gasteiger partial charge in [0, 0.05) is 60.8 Å². The van der Waals surface area contributed by atoms with E-state index in [1.165, 1.54) is 10.9 Å². The Bertz CT molecular complexity index is 1080. The highest BCUT2D eigenvalue weighted by molar-refractivity contribution is 5.83. The zero-order valence-electron chi connectivity index (χ0n) is 15.9. The van der Waals surface area contributed by atoms with Gasteiger partial charge in [-0.15, -0.1) is 0 Å². The molecular weight excluding hydrogens is 350 g/mol. The van der Waals surface area contributed by atoms with Gasteiger partial charge in [0.1, 0.15) is 0 Å². The van der Waals surface area contributed by atoms with Crippen molar-refractivity contribution in [2.45, 2.75) is 38.1 Å². The molecule has 1 N–H and O–H groups in total. The predicted molar refractivity (Wildman–Crippen MR) is 109 cm³/mol. The molecule has 1 amide bonds. The van der Waals surface area contributed by atoms with Gasteiger partial charge in [0.2, 0.25) is 5.91 Å². The number of benzene rings is 1. The summed E-state index contributed by atoms with van der Waals surface area (Å²) in [6.07, 6.45) is 5.51. The summed E-state index contributed by atoms with van der Waals surface area (Å²) in [7, 11) is 0. The maximum Gasteiger partial charge on any atom is 0.250 e. The van der Waals surface area contributed by atoms with Gasteiger partial charge in [-0.3, -0.25) is 9.59 Å². The molecule has 2 aliphatic heterocycles. The fourth-order valence-electron chi connectivity index (χ4n) is 5.03. The molecule has 2 bridgehead atoms. The zero-order chi connectivity index (χ0) is 19.1. The summed E-state index contributed by atoms with van der Waals surface area (Å²) in [6.45, 7) is 2.26. The van der Waals surface area contributed by atoms with Gasteiger partial charge >= 0.3 is 0 Å². The van der Waals surface area contributed by atoms with Crippen LogP contribution in [0.2, 0.25) is 0 Å². The summed E-state index contributed by atoms with van der Waals surface area (Å²) in [5.74, 6) is 0.934. The number of pyridine rings is 1. The third-order valence-corrected chi connectivity index (χ3v) is 6.34. The number of piperidine rings is 1. The average Bonchev–Trinajstić information content (AvgIpc) is 3.12. The molecule has 5 heteroatoms. The Morgan fingerprint density at radius 3 is 2.89 bits per heavy atom. The second-order valence-corrected chi connectivity index (χ2v) is 8.21. The van der Waals surface area contributed by atoms with E-state index in [4.69, 9.17) is 0 Å². The second-order valence-electron chi connectivity index (χ2n) is 8.21. The van der Waals surface area contributed by atoms with Crippen molar-refractivity contribution >= 4 is 16.8 Å². The Kier molecular flexibility index (Phi) is 4.30. The largest absolute Gasteiger partial charge is 0.361 e. The van der Waals surface area contributed by atoms with Crippen molar-refractivity contribution in [1.82, 2.24) is 14.5 Å². The van der Waals surface area contributed by atoms with E-state index in [0.29, 0.717) is 18.3 Å². The molecule has 2 unspecified atom stereocenters. The van der Waals surface area contributed by atoms with Gasteiger partial charge in [-0.2, -0.15) is 0 Å². The first-order chi connectivity index (χ1) is 13.7. The van der Waals surface area contributed by atoms with E-state index in [0.717, 1.165) is 50.1 Å². The standard InChI is InChI=1S/C23H25N3O2/c27-22(9-3-5-17-12-24-20-7-2-1-6-19(17)20)25-13-16-11-18(15-25)21-8-4-10-23(28)26(21)14-16/h1-2,4,6-8,10,12,16,18,24H,3,5,9,11,13-15H2. The first kappa shape index (κ1) is 17.3. The number of aryl methyl sites for hydroxylation is 1. The van der Waals surface area contributed by atoms with Crippen LogP contribution in [0.15, 0.2) is 53.5 Å². The van der Waals surface area contributed by atoms with Crippen LogP contribution in [0.25, 0.3) is 10.9 Å². The zero-order valence-corrected chi connectivity index (χ0v) is 15.9. The number of aromatic amines is 1. The molecule has 1 fully saturated rings. The van der Waals surface area contributed by atoms with Crippen LogP contribution >= 0.6 is 0 Å². The van der Waals surface area contributed by atoms with E-state index in [9.17, 15) is 9.59 Å². The third kappa shape index (κ3) is 3.05. The Balaban J connectivity index is 1.23. The lowest BCUT2D eigenvalue weighted by Crippen LogP contribution is -2.49. The number of fused-ring (bicyclic) bond motifs is 5. The van der Waals surface area contributed by atoms with Gasteiger partial charge in [0.05, 0.1) is 0 Å². The molecule has 144 valence electrons. The van der Waals surface area contributed by atoms with Crippen molar-refractivity contribution in [3.05, 3.63) is 70.3 Å². The van der Waals surface area contributed by atoms with Crippen molar-refractivity contribution in [2.24, 2.45) is 5.92 Å². The molecule has 0 radical (unpaired) electrons. The van der Waals surface area contributed by atoms with Gasteiger partial charge in [-0.1, -0.05) is 24.3 Å². The van der Waals surface area contributed by atoms with Gasteiger partial charge in [0.25, 0.3) is 5.56 Å². The number of hydrogen-bond donors (Lipinski definition) is 1. The van der Waals surface area contributed by atoms with Crippen LogP contribution in [0, 0.1) is 5.92 Å². The number of rotatable bonds is 4. The maximum absolute atomic E-state index is 12.8. The normalized spacial score (nSPS) is 20.9. The maximum atomic E-state index is 12.8. The van der Waals surface area contributed by atoms with Gasteiger partial charge in [-0.05, 0) is 42.9 Å². The van der Waals surface area contributed by atoms with Crippen molar-refractivity contribution in [3.63, 3.8) is 0 Å². The monoisotopic (exact) mass is 375 g/mol. The van der Waals surface area contributed by atoms with Crippen molar-refractivity contribution < 1.29 is 4.79 Å². The van der Waals surface area contributed by atoms with E-state index in [1.807, 2.05) is 27.7 Å². The average molecular weight is 375 g/mol. The molecule has 5 rings (SSSR count). The number of H-pyrrole nitrogens is 1. The predicted octanol–water partition coefficient (Wildman–Crippen LogP) is 3.30. The second kappa shape index (κ2) is 6.97. The first-order valence-electron chi connectivity index (χ1n) is 10.2.